The van der Waals surface area contributed by atoms with Crippen molar-refractivity contribution in [2.45, 2.75) is 61.2 Å². The summed E-state index contributed by atoms with van der Waals surface area (Å²) in [5.41, 5.74) is -0.631. The summed E-state index contributed by atoms with van der Waals surface area (Å²) >= 11 is 0. The number of carbonyl (C=O) groups is 2. The van der Waals surface area contributed by atoms with Crippen LogP contribution in [0.1, 0.15) is 34.0 Å². The third kappa shape index (κ3) is 7.84. The molecule has 3 unspecified atom stereocenters. The summed E-state index contributed by atoms with van der Waals surface area (Å²) in [5.74, 6) is -0.512. The van der Waals surface area contributed by atoms with E-state index in [-0.39, 0.29) is 41.0 Å². The third-order valence-electron chi connectivity index (χ3n) is 8.91. The Morgan fingerprint density at radius 1 is 1.00 bits per heavy atom. The minimum absolute atomic E-state index is 0.0464. The maximum atomic E-state index is 12.7. The number of hydrogen-bond acceptors (Lipinski definition) is 16. The highest BCUT2D eigenvalue weighted by Crippen LogP contribution is 2.38. The van der Waals surface area contributed by atoms with Gasteiger partial charge < -0.3 is 68.9 Å². The lowest BCUT2D eigenvalue weighted by atomic mass is 9.96. The summed E-state index contributed by atoms with van der Waals surface area (Å²) in [5, 5.41) is 72.9. The van der Waals surface area contributed by atoms with Crippen LogP contribution < -0.4 is 14.2 Å². The van der Waals surface area contributed by atoms with E-state index in [1.54, 1.807) is 12.1 Å². The van der Waals surface area contributed by atoms with Gasteiger partial charge in [-0.1, -0.05) is 18.2 Å². The average molecular weight is 727 g/mol. The summed E-state index contributed by atoms with van der Waals surface area (Å²) in [4.78, 5) is 25.1. The predicted molar refractivity (Wildman–Crippen MR) is 175 cm³/mol. The Labute approximate surface area is 296 Å². The van der Waals surface area contributed by atoms with E-state index < -0.39 is 80.6 Å². The average Bonchev–Trinajstić information content (AvgIpc) is 3.42. The number of phenolic OH excluding ortho intramolecular Hbond substituents is 2. The molecule has 0 saturated carbocycles. The van der Waals surface area contributed by atoms with Crippen molar-refractivity contribution in [3.8, 4) is 28.7 Å². The van der Waals surface area contributed by atoms with Crippen molar-refractivity contribution in [1.29, 1.82) is 0 Å². The normalized spacial score (nSPS) is 30.1. The molecule has 3 aliphatic rings. The number of rotatable bonds is 11. The lowest BCUT2D eigenvalue weighted by molar-refractivity contribution is -0.318. The molecule has 0 aliphatic carbocycles. The molecule has 0 aromatic heterocycles. The first-order chi connectivity index (χ1) is 24.9. The number of aromatic hydroxyl groups is 2. The van der Waals surface area contributed by atoms with Crippen LogP contribution in [-0.2, 0) is 23.7 Å². The fourth-order valence-electron chi connectivity index (χ4n) is 5.95. The van der Waals surface area contributed by atoms with E-state index >= 15 is 0 Å². The highest BCUT2D eigenvalue weighted by molar-refractivity contribution is 6.00. The Balaban J connectivity index is 1.09. The van der Waals surface area contributed by atoms with Crippen LogP contribution in [0.2, 0.25) is 0 Å². The second-order valence-electron chi connectivity index (χ2n) is 12.5. The number of Topliss-reactive ketones (excluding diaryl/α,β-unsaturated/α-hetero) is 1. The molecule has 3 aromatic rings. The van der Waals surface area contributed by atoms with Crippen LogP contribution >= 0.6 is 0 Å². The number of aliphatic hydroxyl groups is 5. The van der Waals surface area contributed by atoms with Crippen LogP contribution in [0.3, 0.4) is 0 Å². The molecule has 3 aromatic carbocycles. The number of ketones is 1. The summed E-state index contributed by atoms with van der Waals surface area (Å²) in [6.07, 6.45) is -9.20. The smallest absolute Gasteiger partial charge is 0.330 e. The Hall–Kier alpha value is -4.78. The molecule has 16 nitrogen and oxygen atoms in total. The first-order valence-electron chi connectivity index (χ1n) is 16.2. The third-order valence-corrected chi connectivity index (χ3v) is 8.91. The van der Waals surface area contributed by atoms with Crippen molar-refractivity contribution in [1.82, 2.24) is 0 Å². The van der Waals surface area contributed by atoms with E-state index in [4.69, 9.17) is 33.2 Å². The molecule has 0 bridgehead atoms. The van der Waals surface area contributed by atoms with Gasteiger partial charge in [0.2, 0.25) is 6.29 Å². The molecule has 6 rings (SSSR count). The van der Waals surface area contributed by atoms with Crippen molar-refractivity contribution in [2.24, 2.45) is 0 Å². The number of benzene rings is 3. The zero-order valence-electron chi connectivity index (χ0n) is 27.7. The number of ether oxygens (including phenoxy) is 7. The first kappa shape index (κ1) is 37.0. The molecule has 0 spiro atoms. The van der Waals surface area contributed by atoms with Crippen molar-refractivity contribution < 1.29 is 78.5 Å². The van der Waals surface area contributed by atoms with Gasteiger partial charge in [-0.2, -0.15) is 0 Å². The quantitative estimate of drug-likeness (QED) is 0.106. The van der Waals surface area contributed by atoms with Crippen LogP contribution in [0, 0.1) is 0 Å². The molecule has 2 fully saturated rings. The second kappa shape index (κ2) is 15.4. The molecule has 3 aliphatic heterocycles. The Kier molecular flexibility index (Phi) is 11.0. The molecule has 52 heavy (non-hydrogen) atoms. The number of aliphatic hydroxyl groups excluding tert-OH is 4. The highest BCUT2D eigenvalue weighted by Gasteiger charge is 2.54. The molecular weight excluding hydrogens is 688 g/mol. The van der Waals surface area contributed by atoms with E-state index in [0.717, 1.165) is 6.08 Å². The Bertz CT molecular complexity index is 1780. The predicted octanol–water partition coefficient (Wildman–Crippen LogP) is 0.721. The van der Waals surface area contributed by atoms with Gasteiger partial charge in [0.05, 0.1) is 32.3 Å². The van der Waals surface area contributed by atoms with Crippen molar-refractivity contribution in [3.63, 3.8) is 0 Å². The number of esters is 1. The zero-order chi connectivity index (χ0) is 37.2. The lowest BCUT2D eigenvalue weighted by Gasteiger charge is -2.42. The lowest BCUT2D eigenvalue weighted by Crippen LogP contribution is -2.62. The Morgan fingerprint density at radius 2 is 1.77 bits per heavy atom. The molecule has 9 atom stereocenters. The van der Waals surface area contributed by atoms with Crippen LogP contribution in [0.25, 0.3) is 6.08 Å². The van der Waals surface area contributed by atoms with Crippen LogP contribution in [0.4, 0.5) is 0 Å². The van der Waals surface area contributed by atoms with Gasteiger partial charge >= 0.3 is 5.97 Å². The van der Waals surface area contributed by atoms with E-state index in [9.17, 15) is 45.3 Å². The minimum atomic E-state index is -2.13. The van der Waals surface area contributed by atoms with E-state index in [1.807, 2.05) is 0 Å². The molecule has 0 amide bonds. The summed E-state index contributed by atoms with van der Waals surface area (Å²) < 4.78 is 39.0. The first-order valence-corrected chi connectivity index (χ1v) is 16.2. The molecule has 2 saturated heterocycles. The van der Waals surface area contributed by atoms with Crippen LogP contribution in [0.5, 0.6) is 28.7 Å². The van der Waals surface area contributed by atoms with Gasteiger partial charge in [-0.25, -0.2) is 4.79 Å². The fraction of sp³-hybridized carbons (Fsp3) is 0.389. The molecule has 0 radical (unpaired) electrons. The minimum Gasteiger partial charge on any atom is -0.508 e. The zero-order valence-corrected chi connectivity index (χ0v) is 27.7. The maximum absolute atomic E-state index is 12.7. The second-order valence-corrected chi connectivity index (χ2v) is 12.5. The standard InChI is InChI=1S/C36H38O16/c1-46-27-12-18(2-10-23(27)39)3-11-29(41)47-16-36(45)17-48-35(33(36)44)52-32-31(43)30(42)28(15-37)51-34(32)49-21-7-4-19(5-8-21)25-14-24(40)22-9-6-20(38)13-26(22)50-25/h2-13,25,28,30-35,37-39,42-45H,14-17H2,1H3/b11-3+/t25-,28?,30+,31-,32?,33+,34+,35-,36?/m0/s1. The monoisotopic (exact) mass is 726 g/mol. The molecule has 278 valence electrons. The SMILES string of the molecule is COc1cc(/C=C/C(=O)OCC2(O)CO[C@@H](OC3[C@H](Oc4ccc([C@@H]5CC(=O)c6ccc(O)cc6O5)cc4)OC(CO)[C@@H](O)[C@@H]3O)[C@H]2O)ccc1O. The summed E-state index contributed by atoms with van der Waals surface area (Å²) in [6, 6.07) is 15.0. The number of carbonyl (C=O) groups excluding carboxylic acids is 2. The molecule has 3 heterocycles. The van der Waals surface area contributed by atoms with Gasteiger partial charge in [0.1, 0.15) is 54.4 Å². The van der Waals surface area contributed by atoms with E-state index in [1.165, 1.54) is 61.7 Å². The number of fused-ring (bicyclic) bond motifs is 1. The molecular formula is C36H38O16. The van der Waals surface area contributed by atoms with Gasteiger partial charge in [0, 0.05) is 12.1 Å². The number of hydrogen-bond donors (Lipinski definition) is 7. The largest absolute Gasteiger partial charge is 0.508 e. The topological polar surface area (TPSA) is 240 Å². The van der Waals surface area contributed by atoms with Gasteiger partial charge in [0.25, 0.3) is 0 Å². The molecule has 16 heteroatoms. The summed E-state index contributed by atoms with van der Waals surface area (Å²) in [6.45, 7) is -1.93. The van der Waals surface area contributed by atoms with Crippen LogP contribution in [0.15, 0.2) is 66.7 Å². The number of methoxy groups -OCH3 is 1. The van der Waals surface area contributed by atoms with E-state index in [2.05, 4.69) is 0 Å². The van der Waals surface area contributed by atoms with Gasteiger partial charge in [-0.15, -0.1) is 0 Å². The maximum Gasteiger partial charge on any atom is 0.330 e. The Morgan fingerprint density at radius 3 is 2.50 bits per heavy atom. The van der Waals surface area contributed by atoms with Gasteiger partial charge in [0.15, 0.2) is 35.3 Å². The van der Waals surface area contributed by atoms with Crippen molar-refractivity contribution >= 4 is 17.8 Å². The number of phenols is 2. The van der Waals surface area contributed by atoms with Gasteiger partial charge in [-0.05, 0) is 53.6 Å². The summed E-state index contributed by atoms with van der Waals surface area (Å²) in [7, 11) is 1.37. The molecule has 7 N–H and O–H groups in total. The van der Waals surface area contributed by atoms with Crippen LogP contribution in [-0.4, -0.2) is 123 Å². The van der Waals surface area contributed by atoms with E-state index in [0.29, 0.717) is 16.7 Å². The fourth-order valence-corrected chi connectivity index (χ4v) is 5.95. The van der Waals surface area contributed by atoms with Gasteiger partial charge in [-0.3, -0.25) is 4.79 Å². The highest BCUT2D eigenvalue weighted by atomic mass is 16.8. The van der Waals surface area contributed by atoms with Crippen molar-refractivity contribution in [2.75, 3.05) is 26.9 Å². The van der Waals surface area contributed by atoms with Crippen molar-refractivity contribution in [3.05, 3.63) is 83.4 Å².